The monoisotopic (exact) mass is 516 g/mol. The summed E-state index contributed by atoms with van der Waals surface area (Å²) in [6, 6.07) is 8.70. The molecule has 1 aliphatic rings. The molecule has 2 rings (SSSR count). The van der Waals surface area contributed by atoms with Crippen LogP contribution < -0.4 is 0 Å². The van der Waals surface area contributed by atoms with Crippen LogP contribution in [0.5, 0.6) is 0 Å². The summed E-state index contributed by atoms with van der Waals surface area (Å²) in [6.45, 7) is 15.0. The lowest BCUT2D eigenvalue weighted by atomic mass is 9.99. The Morgan fingerprint density at radius 1 is 1.15 bits per heavy atom. The highest BCUT2D eigenvalue weighted by Crippen LogP contribution is 2.51. The molecule has 0 amide bonds. The first-order valence-electron chi connectivity index (χ1n) is 11.8. The Morgan fingerprint density at radius 2 is 1.71 bits per heavy atom. The van der Waals surface area contributed by atoms with Crippen LogP contribution in [0.25, 0.3) is 0 Å². The van der Waals surface area contributed by atoms with Crippen LogP contribution in [0.3, 0.4) is 0 Å². The van der Waals surface area contributed by atoms with Crippen LogP contribution >= 0.6 is 7.60 Å². The third kappa shape index (κ3) is 8.26. The predicted molar refractivity (Wildman–Crippen MR) is 134 cm³/mol. The molecule has 1 N–H and O–H groups in total. The number of esters is 1. The Morgan fingerprint density at radius 3 is 2.21 bits per heavy atom. The van der Waals surface area contributed by atoms with Crippen molar-refractivity contribution in [2.75, 3.05) is 13.0 Å². The maximum Gasteiger partial charge on any atom is 0.356 e. The molecular weight excluding hydrogens is 475 g/mol. The Labute approximate surface area is 204 Å². The minimum atomic E-state index is -3.54. The molecule has 0 bridgehead atoms. The molecule has 1 aliphatic heterocycles. The lowest BCUT2D eigenvalue weighted by Crippen LogP contribution is -2.44. The van der Waals surface area contributed by atoms with Crippen molar-refractivity contribution in [3.63, 3.8) is 0 Å². The lowest BCUT2D eigenvalue weighted by molar-refractivity contribution is -0.0379. The molecule has 3 atom stereocenters. The Kier molecular flexibility index (Phi) is 10.1. The van der Waals surface area contributed by atoms with E-state index in [1.54, 1.807) is 52.0 Å². The minimum Gasteiger partial charge on any atom is -0.453 e. The molecule has 0 spiro atoms. The van der Waals surface area contributed by atoms with Gasteiger partial charge in [-0.05, 0) is 64.4 Å². The van der Waals surface area contributed by atoms with Crippen molar-refractivity contribution in [1.82, 2.24) is 0 Å². The normalized spacial score (nSPS) is 21.9. The summed E-state index contributed by atoms with van der Waals surface area (Å²) in [4.78, 5) is 23.6. The van der Waals surface area contributed by atoms with Crippen molar-refractivity contribution >= 4 is 21.9 Å². The van der Waals surface area contributed by atoms with E-state index in [-0.39, 0.29) is 25.2 Å². The van der Waals surface area contributed by atoms with Crippen LogP contribution in [0, 0.1) is 0 Å². The molecule has 0 aromatic heterocycles. The minimum absolute atomic E-state index is 0.157. The van der Waals surface area contributed by atoms with Crippen molar-refractivity contribution < 1.29 is 37.4 Å². The molecule has 1 saturated heterocycles. The molecule has 0 radical (unpaired) electrons. The highest BCUT2D eigenvalue weighted by atomic mass is 31.2. The fourth-order valence-electron chi connectivity index (χ4n) is 3.55. The van der Waals surface area contributed by atoms with Gasteiger partial charge in [-0.25, -0.2) is 4.79 Å². The maximum absolute atomic E-state index is 13.2. The van der Waals surface area contributed by atoms with Crippen LogP contribution in [-0.2, 0) is 27.8 Å². The van der Waals surface area contributed by atoms with Gasteiger partial charge in [0.25, 0.3) is 0 Å². The molecule has 0 saturated carbocycles. The van der Waals surface area contributed by atoms with Crippen molar-refractivity contribution in [1.29, 1.82) is 0 Å². The largest absolute Gasteiger partial charge is 0.453 e. The van der Waals surface area contributed by atoms with Crippen molar-refractivity contribution in [2.45, 2.75) is 96.6 Å². The van der Waals surface area contributed by atoms with Gasteiger partial charge in [0.1, 0.15) is 12.5 Å². The van der Waals surface area contributed by atoms with E-state index in [1.165, 1.54) is 0 Å². The van der Waals surface area contributed by atoms with Crippen molar-refractivity contribution in [3.8, 4) is 0 Å². The summed E-state index contributed by atoms with van der Waals surface area (Å²) in [5.74, 6) is -0.493. The molecular formula is C24H41O8PSi. The molecule has 0 unspecified atom stereocenters. The first-order chi connectivity index (χ1) is 15.6. The van der Waals surface area contributed by atoms with E-state index in [1.807, 2.05) is 33.0 Å². The summed E-state index contributed by atoms with van der Waals surface area (Å²) in [7, 11) is -6.08. The summed E-state index contributed by atoms with van der Waals surface area (Å²) in [5.41, 5.74) is 0.417. The summed E-state index contributed by atoms with van der Waals surface area (Å²) < 4.78 is 42.3. The molecule has 1 heterocycles. The fraction of sp³-hybridized carbons (Fsp3) is 0.708. The van der Waals surface area contributed by atoms with E-state index in [9.17, 15) is 14.2 Å². The first-order valence-corrected chi connectivity index (χ1v) is 16.5. The van der Waals surface area contributed by atoms with E-state index in [0.717, 1.165) is 0 Å². The van der Waals surface area contributed by atoms with Gasteiger partial charge < -0.3 is 28.1 Å². The average molecular weight is 517 g/mol. The highest BCUT2D eigenvalue weighted by molar-refractivity contribution is 7.53. The number of hydrogen-bond acceptors (Lipinski definition) is 8. The smallest absolute Gasteiger partial charge is 0.356 e. The molecule has 1 aromatic rings. The van der Waals surface area contributed by atoms with Gasteiger partial charge in [0, 0.05) is 0 Å². The van der Waals surface area contributed by atoms with Gasteiger partial charge in [0.15, 0.2) is 14.4 Å². The molecule has 1 fully saturated rings. The van der Waals surface area contributed by atoms with Gasteiger partial charge in [-0.2, -0.15) is 0 Å². The second kappa shape index (κ2) is 11.8. The zero-order valence-electron chi connectivity index (χ0n) is 21.6. The van der Waals surface area contributed by atoms with Gasteiger partial charge in [-0.15, -0.1) is 0 Å². The Bertz CT molecular complexity index is 823. The van der Waals surface area contributed by atoms with Crippen LogP contribution in [0.1, 0.15) is 58.3 Å². The number of benzene rings is 1. The number of rotatable bonds is 12. The summed E-state index contributed by atoms with van der Waals surface area (Å²) >= 11 is 0. The average Bonchev–Trinajstić information content (AvgIpc) is 3.05. The molecule has 34 heavy (non-hydrogen) atoms. The molecule has 10 heteroatoms. The van der Waals surface area contributed by atoms with Crippen molar-refractivity contribution in [3.05, 3.63) is 35.9 Å². The van der Waals surface area contributed by atoms with E-state index >= 15 is 0 Å². The number of carbonyl (C=O) groups excluding carboxylic acids is 1. The van der Waals surface area contributed by atoms with E-state index in [0.29, 0.717) is 12.0 Å². The third-order valence-corrected chi connectivity index (χ3v) is 11.5. The van der Waals surface area contributed by atoms with Gasteiger partial charge in [0.2, 0.25) is 0 Å². The number of hydrogen-bond donors (Lipinski definition) is 1. The number of carbonyl (C=O) groups is 1. The molecule has 8 nitrogen and oxygen atoms in total. The zero-order valence-corrected chi connectivity index (χ0v) is 23.5. The van der Waals surface area contributed by atoms with Crippen LogP contribution in [0.15, 0.2) is 30.3 Å². The highest BCUT2D eigenvalue weighted by Gasteiger charge is 2.48. The lowest BCUT2D eigenvalue weighted by Gasteiger charge is -2.38. The topological polar surface area (TPSA) is 101 Å². The molecule has 194 valence electrons. The second-order valence-corrected chi connectivity index (χ2v) is 16.9. The molecule has 0 aliphatic carbocycles. The second-order valence-electron chi connectivity index (χ2n) is 10.5. The van der Waals surface area contributed by atoms with Crippen LogP contribution in [-0.4, -0.2) is 62.6 Å². The summed E-state index contributed by atoms with van der Waals surface area (Å²) in [6.07, 6.45) is -2.31. The van der Waals surface area contributed by atoms with E-state index in [4.69, 9.17) is 23.3 Å². The standard InChI is InChI=1S/C24H41O8PSi/c1-17(2)31-33(26,32-18(3)4)16-29-21-15-28-20(14-24(5,6)34(7,8)27)22(21)30-23(25)19-12-10-9-11-13-19/h9-13,17-18,20-22,27H,14-16H2,1-8H3/t20-,21-,22-/m0/s1. The van der Waals surface area contributed by atoms with Gasteiger partial charge in [0.05, 0.1) is 30.5 Å². The van der Waals surface area contributed by atoms with Crippen LogP contribution in [0.4, 0.5) is 0 Å². The summed E-state index contributed by atoms with van der Waals surface area (Å²) in [5, 5.41) is -0.402. The Balaban J connectivity index is 2.23. The first kappa shape index (κ1) is 29.2. The van der Waals surface area contributed by atoms with E-state index in [2.05, 4.69) is 0 Å². The SMILES string of the molecule is CC(C)OP(=O)(CO[C@H]1CO[C@@H](CC(C)(C)[Si](C)(C)O)[C@@H]1OC(=O)c1ccccc1)OC(C)C. The zero-order chi connectivity index (χ0) is 25.7. The number of ether oxygens (including phenoxy) is 3. The van der Waals surface area contributed by atoms with Crippen LogP contribution in [0.2, 0.25) is 18.1 Å². The van der Waals surface area contributed by atoms with Gasteiger partial charge in [-0.1, -0.05) is 32.0 Å². The van der Waals surface area contributed by atoms with Gasteiger partial charge in [-0.3, -0.25) is 4.57 Å². The quantitative estimate of drug-likeness (QED) is 0.225. The maximum atomic E-state index is 13.2. The fourth-order valence-corrected chi connectivity index (χ4v) is 6.08. The van der Waals surface area contributed by atoms with Crippen molar-refractivity contribution in [2.24, 2.45) is 0 Å². The molecule has 1 aromatic carbocycles. The Hall–Kier alpha value is -1.06. The van der Waals surface area contributed by atoms with E-state index < -0.39 is 45.2 Å². The predicted octanol–water partition coefficient (Wildman–Crippen LogP) is 5.36. The third-order valence-electron chi connectivity index (χ3n) is 6.02. The van der Waals surface area contributed by atoms with Gasteiger partial charge >= 0.3 is 13.6 Å².